The van der Waals surface area contributed by atoms with Gasteiger partial charge in [-0.3, -0.25) is 0 Å². The standard InChI is InChI=1S/C21H27NO3/c1-4-6-16-22(19-13-8-7-9-14-19)17(3)24-21(23)25-20-15-11-10-12-18(20)5-2/h7-15,17H,4-6,16H2,1-3H3. The largest absolute Gasteiger partial charge is 0.515 e. The summed E-state index contributed by atoms with van der Waals surface area (Å²) in [4.78, 5) is 14.3. The minimum absolute atomic E-state index is 0.407. The summed E-state index contributed by atoms with van der Waals surface area (Å²) in [7, 11) is 0. The van der Waals surface area contributed by atoms with Crippen LogP contribution in [0.25, 0.3) is 0 Å². The summed E-state index contributed by atoms with van der Waals surface area (Å²) >= 11 is 0. The molecule has 25 heavy (non-hydrogen) atoms. The number of anilines is 1. The van der Waals surface area contributed by atoms with Gasteiger partial charge in [0.1, 0.15) is 5.75 Å². The van der Waals surface area contributed by atoms with Crippen molar-refractivity contribution in [3.63, 3.8) is 0 Å². The second kappa shape index (κ2) is 9.72. The molecule has 0 aliphatic carbocycles. The SMILES string of the molecule is CCCCN(c1ccccc1)C(C)OC(=O)Oc1ccccc1CC. The van der Waals surface area contributed by atoms with E-state index in [0.717, 1.165) is 37.1 Å². The number of aryl methyl sites for hydroxylation is 1. The zero-order chi connectivity index (χ0) is 18.1. The van der Waals surface area contributed by atoms with Gasteiger partial charge >= 0.3 is 6.16 Å². The van der Waals surface area contributed by atoms with E-state index in [1.165, 1.54) is 0 Å². The summed E-state index contributed by atoms with van der Waals surface area (Å²) in [6, 6.07) is 17.5. The van der Waals surface area contributed by atoms with Crippen LogP contribution in [0, 0.1) is 0 Å². The molecule has 0 aliphatic rings. The molecule has 0 amide bonds. The second-order valence-corrected chi connectivity index (χ2v) is 5.91. The smallest absolute Gasteiger partial charge is 0.410 e. The number of carbonyl (C=O) groups excluding carboxylic acids is 1. The van der Waals surface area contributed by atoms with Crippen LogP contribution in [-0.4, -0.2) is 18.9 Å². The molecule has 2 rings (SSSR count). The summed E-state index contributed by atoms with van der Waals surface area (Å²) < 4.78 is 10.9. The highest BCUT2D eigenvalue weighted by Crippen LogP contribution is 2.21. The third kappa shape index (κ3) is 5.52. The molecule has 0 heterocycles. The van der Waals surface area contributed by atoms with Crippen LogP contribution in [0.4, 0.5) is 10.5 Å². The molecule has 0 bridgehead atoms. The molecule has 134 valence electrons. The first-order valence-electron chi connectivity index (χ1n) is 8.93. The van der Waals surface area contributed by atoms with Crippen LogP contribution in [0.2, 0.25) is 0 Å². The molecule has 0 saturated carbocycles. The van der Waals surface area contributed by atoms with Gasteiger partial charge in [-0.25, -0.2) is 4.79 Å². The van der Waals surface area contributed by atoms with Crippen molar-refractivity contribution < 1.29 is 14.3 Å². The van der Waals surface area contributed by atoms with Gasteiger partial charge in [0.15, 0.2) is 6.23 Å². The zero-order valence-corrected chi connectivity index (χ0v) is 15.3. The number of unbranched alkanes of at least 4 members (excludes halogenated alkanes) is 1. The van der Waals surface area contributed by atoms with Crippen molar-refractivity contribution in [3.05, 3.63) is 60.2 Å². The average Bonchev–Trinajstić information content (AvgIpc) is 2.63. The van der Waals surface area contributed by atoms with E-state index in [-0.39, 0.29) is 0 Å². The van der Waals surface area contributed by atoms with Crippen molar-refractivity contribution in [1.82, 2.24) is 0 Å². The number of para-hydroxylation sites is 2. The summed E-state index contributed by atoms with van der Waals surface area (Å²) in [6.45, 7) is 6.86. The Hall–Kier alpha value is -2.49. The molecule has 0 aromatic heterocycles. The molecule has 1 atom stereocenters. The fourth-order valence-corrected chi connectivity index (χ4v) is 2.68. The minimum Gasteiger partial charge on any atom is -0.410 e. The van der Waals surface area contributed by atoms with E-state index in [2.05, 4.69) is 11.8 Å². The second-order valence-electron chi connectivity index (χ2n) is 5.91. The molecule has 0 fully saturated rings. The third-order valence-electron chi connectivity index (χ3n) is 4.09. The lowest BCUT2D eigenvalue weighted by Crippen LogP contribution is -2.38. The Bertz CT molecular complexity index is 657. The number of hydrogen-bond acceptors (Lipinski definition) is 4. The predicted octanol–water partition coefficient (Wildman–Crippen LogP) is 5.42. The fraction of sp³-hybridized carbons (Fsp3) is 0.381. The normalized spacial score (nSPS) is 11.6. The lowest BCUT2D eigenvalue weighted by molar-refractivity contribution is 0.0637. The number of nitrogens with zero attached hydrogens (tertiary/aromatic N) is 1. The third-order valence-corrected chi connectivity index (χ3v) is 4.09. The number of rotatable bonds is 8. The maximum Gasteiger partial charge on any atom is 0.515 e. The first-order valence-corrected chi connectivity index (χ1v) is 8.93. The summed E-state index contributed by atoms with van der Waals surface area (Å²) in [5, 5.41) is 0. The molecule has 0 aliphatic heterocycles. The Balaban J connectivity index is 2.04. The fourth-order valence-electron chi connectivity index (χ4n) is 2.68. The molecule has 0 N–H and O–H groups in total. The Morgan fingerprint density at radius 1 is 1.04 bits per heavy atom. The van der Waals surface area contributed by atoms with Crippen LogP contribution in [0.1, 0.15) is 39.2 Å². The van der Waals surface area contributed by atoms with E-state index in [0.29, 0.717) is 5.75 Å². The van der Waals surface area contributed by atoms with E-state index in [4.69, 9.17) is 9.47 Å². The topological polar surface area (TPSA) is 38.8 Å². The molecule has 2 aromatic carbocycles. The van der Waals surface area contributed by atoms with Crippen LogP contribution in [0.3, 0.4) is 0 Å². The Kier molecular flexibility index (Phi) is 7.33. The maximum absolute atomic E-state index is 12.2. The molecule has 1 unspecified atom stereocenters. The molecular formula is C21H27NO3. The van der Waals surface area contributed by atoms with E-state index < -0.39 is 12.4 Å². The van der Waals surface area contributed by atoms with E-state index in [1.54, 1.807) is 6.07 Å². The molecule has 0 spiro atoms. The van der Waals surface area contributed by atoms with Crippen LogP contribution in [0.5, 0.6) is 5.75 Å². The highest BCUT2D eigenvalue weighted by molar-refractivity contribution is 5.65. The molecule has 0 radical (unpaired) electrons. The number of ether oxygens (including phenoxy) is 2. The van der Waals surface area contributed by atoms with Crippen molar-refractivity contribution in [3.8, 4) is 5.75 Å². The Labute approximate surface area is 150 Å². The van der Waals surface area contributed by atoms with E-state index >= 15 is 0 Å². The van der Waals surface area contributed by atoms with Gasteiger partial charge in [0.05, 0.1) is 0 Å². The van der Waals surface area contributed by atoms with Crippen LogP contribution in [-0.2, 0) is 11.2 Å². The molecule has 2 aromatic rings. The predicted molar refractivity (Wildman–Crippen MR) is 101 cm³/mol. The van der Waals surface area contributed by atoms with Gasteiger partial charge in [0.2, 0.25) is 0 Å². The number of carbonyl (C=O) groups is 1. The molecule has 0 saturated heterocycles. The van der Waals surface area contributed by atoms with Gasteiger partial charge in [0, 0.05) is 12.2 Å². The number of hydrogen-bond donors (Lipinski definition) is 0. The van der Waals surface area contributed by atoms with Crippen molar-refractivity contribution in [2.75, 3.05) is 11.4 Å². The first kappa shape index (κ1) is 18.8. The average molecular weight is 341 g/mol. The van der Waals surface area contributed by atoms with E-state index in [1.807, 2.05) is 62.4 Å². The molecule has 4 nitrogen and oxygen atoms in total. The van der Waals surface area contributed by atoms with Gasteiger partial charge in [-0.05, 0) is 43.5 Å². The zero-order valence-electron chi connectivity index (χ0n) is 15.3. The summed E-state index contributed by atoms with van der Waals surface area (Å²) in [5.41, 5.74) is 2.02. The van der Waals surface area contributed by atoms with Gasteiger partial charge in [-0.15, -0.1) is 0 Å². The monoisotopic (exact) mass is 341 g/mol. The lowest BCUT2D eigenvalue weighted by atomic mass is 10.1. The van der Waals surface area contributed by atoms with Gasteiger partial charge in [-0.1, -0.05) is 56.7 Å². The van der Waals surface area contributed by atoms with Crippen molar-refractivity contribution in [2.45, 2.75) is 46.3 Å². The minimum atomic E-state index is -0.675. The first-order chi connectivity index (χ1) is 12.2. The van der Waals surface area contributed by atoms with Gasteiger partial charge in [-0.2, -0.15) is 0 Å². The highest BCUT2D eigenvalue weighted by Gasteiger charge is 2.20. The lowest BCUT2D eigenvalue weighted by Gasteiger charge is -2.30. The molecule has 4 heteroatoms. The van der Waals surface area contributed by atoms with Crippen LogP contribution in [0.15, 0.2) is 54.6 Å². The summed E-state index contributed by atoms with van der Waals surface area (Å²) in [5.74, 6) is 0.557. The quantitative estimate of drug-likeness (QED) is 0.365. The van der Waals surface area contributed by atoms with Crippen LogP contribution < -0.4 is 9.64 Å². The van der Waals surface area contributed by atoms with Crippen molar-refractivity contribution in [1.29, 1.82) is 0 Å². The van der Waals surface area contributed by atoms with Gasteiger partial charge in [0.25, 0.3) is 0 Å². The molecular weight excluding hydrogens is 314 g/mol. The van der Waals surface area contributed by atoms with Gasteiger partial charge < -0.3 is 14.4 Å². The van der Waals surface area contributed by atoms with Crippen LogP contribution >= 0.6 is 0 Å². The van der Waals surface area contributed by atoms with Crippen molar-refractivity contribution >= 4 is 11.8 Å². The highest BCUT2D eigenvalue weighted by atomic mass is 16.7. The Morgan fingerprint density at radius 3 is 2.40 bits per heavy atom. The number of benzene rings is 2. The summed E-state index contributed by atoms with van der Waals surface area (Å²) in [6.07, 6.45) is 1.81. The maximum atomic E-state index is 12.2. The Morgan fingerprint density at radius 2 is 1.72 bits per heavy atom. The van der Waals surface area contributed by atoms with E-state index in [9.17, 15) is 4.79 Å². The van der Waals surface area contributed by atoms with Crippen molar-refractivity contribution in [2.24, 2.45) is 0 Å².